The van der Waals surface area contributed by atoms with Crippen molar-refractivity contribution < 1.29 is 30.0 Å². The number of Topliss-reactive ketones (excluding diaryl/α,β-unsaturated/α-hetero) is 1. The van der Waals surface area contributed by atoms with Crippen molar-refractivity contribution in [2.24, 2.45) is 0 Å². The van der Waals surface area contributed by atoms with Crippen LogP contribution in [0.25, 0.3) is 0 Å². The second-order valence-electron chi connectivity index (χ2n) is 3.80. The lowest BCUT2D eigenvalue weighted by atomic mass is 9.70. The molecule has 1 fully saturated rings. The lowest BCUT2D eigenvalue weighted by Crippen LogP contribution is -2.62. The largest absolute Gasteiger partial charge is 0.479 e. The van der Waals surface area contributed by atoms with Crippen LogP contribution in [0, 0.1) is 0 Å². The zero-order valence-corrected chi connectivity index (χ0v) is 7.60. The first kappa shape index (κ1) is 11.1. The first-order chi connectivity index (χ1) is 6.20. The summed E-state index contributed by atoms with van der Waals surface area (Å²) >= 11 is 0. The van der Waals surface area contributed by atoms with Gasteiger partial charge >= 0.3 is 5.97 Å². The number of carboxylic acid groups (broad SMARTS) is 1. The van der Waals surface area contributed by atoms with Crippen LogP contribution in [-0.2, 0) is 9.59 Å². The molecule has 14 heavy (non-hydrogen) atoms. The number of ketones is 1. The lowest BCUT2D eigenvalue weighted by molar-refractivity contribution is -0.186. The van der Waals surface area contributed by atoms with Gasteiger partial charge in [-0.05, 0) is 6.92 Å². The summed E-state index contributed by atoms with van der Waals surface area (Å²) in [6.45, 7) is 0.806. The fraction of sp³-hybridized carbons (Fsp3) is 0.750. The Bertz CT molecular complexity index is 276. The number of aliphatic carboxylic acids is 1. The molecule has 1 unspecified atom stereocenters. The highest BCUT2D eigenvalue weighted by molar-refractivity contribution is 6.10. The van der Waals surface area contributed by atoms with Crippen molar-refractivity contribution in [3.05, 3.63) is 0 Å². The Morgan fingerprint density at radius 1 is 1.43 bits per heavy atom. The van der Waals surface area contributed by atoms with E-state index in [1.165, 1.54) is 0 Å². The van der Waals surface area contributed by atoms with Crippen LogP contribution in [-0.4, -0.2) is 49.5 Å². The zero-order valence-electron chi connectivity index (χ0n) is 7.60. The Morgan fingerprint density at radius 3 is 2.14 bits per heavy atom. The fourth-order valence-corrected chi connectivity index (χ4v) is 1.46. The minimum atomic E-state index is -2.60. The molecule has 0 radical (unpaired) electrons. The van der Waals surface area contributed by atoms with Crippen molar-refractivity contribution in [1.29, 1.82) is 0 Å². The Labute approximate surface area is 79.8 Å². The molecule has 1 aliphatic rings. The van der Waals surface area contributed by atoms with Crippen LogP contribution in [0.1, 0.15) is 19.8 Å². The molecule has 0 aromatic heterocycles. The Hall–Kier alpha value is -0.980. The van der Waals surface area contributed by atoms with Crippen molar-refractivity contribution in [2.45, 2.75) is 37.1 Å². The zero-order chi connectivity index (χ0) is 11.1. The highest BCUT2D eigenvalue weighted by atomic mass is 16.4. The highest BCUT2D eigenvalue weighted by Gasteiger charge is 2.56. The molecule has 0 heterocycles. The average Bonchev–Trinajstić information content (AvgIpc) is 2.00. The van der Waals surface area contributed by atoms with Crippen LogP contribution in [0.15, 0.2) is 0 Å². The third-order valence-electron chi connectivity index (χ3n) is 2.43. The summed E-state index contributed by atoms with van der Waals surface area (Å²) in [4.78, 5) is 21.9. The van der Waals surface area contributed by atoms with Gasteiger partial charge in [-0.15, -0.1) is 0 Å². The predicted molar refractivity (Wildman–Crippen MR) is 43.5 cm³/mol. The maximum Gasteiger partial charge on any atom is 0.343 e. The molecule has 1 aliphatic carbocycles. The number of aliphatic hydroxyl groups is 3. The SMILES string of the molecule is CC(O)(C(=O)O)C(=O)C1(O)CC(O)C1. The predicted octanol–water partition coefficient (Wildman–Crippen LogP) is -1.72. The number of hydrogen-bond acceptors (Lipinski definition) is 5. The highest BCUT2D eigenvalue weighted by Crippen LogP contribution is 2.36. The van der Waals surface area contributed by atoms with Gasteiger partial charge in [0.15, 0.2) is 0 Å². The molecule has 4 N–H and O–H groups in total. The normalized spacial score (nSPS) is 35.6. The van der Waals surface area contributed by atoms with E-state index < -0.39 is 29.1 Å². The minimum Gasteiger partial charge on any atom is -0.479 e. The standard InChI is InChI=1S/C8H12O6/c1-7(13,6(11)12)5(10)8(14)2-4(9)3-8/h4,9,13-14H,2-3H2,1H3,(H,11,12). The van der Waals surface area contributed by atoms with E-state index in [4.69, 9.17) is 10.2 Å². The fourth-order valence-electron chi connectivity index (χ4n) is 1.46. The van der Waals surface area contributed by atoms with Gasteiger partial charge in [0.2, 0.25) is 11.4 Å². The van der Waals surface area contributed by atoms with Gasteiger partial charge in [0, 0.05) is 12.8 Å². The number of hydrogen-bond donors (Lipinski definition) is 4. The maximum absolute atomic E-state index is 11.4. The molecule has 0 aromatic carbocycles. The van der Waals surface area contributed by atoms with E-state index in [0.29, 0.717) is 0 Å². The molecule has 6 heteroatoms. The van der Waals surface area contributed by atoms with E-state index in [9.17, 15) is 19.8 Å². The van der Waals surface area contributed by atoms with Crippen LogP contribution in [0.3, 0.4) is 0 Å². The molecule has 1 saturated carbocycles. The molecule has 0 aliphatic heterocycles. The van der Waals surface area contributed by atoms with Crippen LogP contribution in [0.2, 0.25) is 0 Å². The Balaban J connectivity index is 2.81. The topological polar surface area (TPSA) is 115 Å². The van der Waals surface area contributed by atoms with Gasteiger partial charge in [-0.25, -0.2) is 4.79 Å². The first-order valence-electron chi connectivity index (χ1n) is 4.11. The molecule has 0 aromatic rings. The molecule has 1 atom stereocenters. The van der Waals surface area contributed by atoms with Crippen LogP contribution in [0.4, 0.5) is 0 Å². The quantitative estimate of drug-likeness (QED) is 0.406. The first-order valence-corrected chi connectivity index (χ1v) is 4.11. The summed E-state index contributed by atoms with van der Waals surface area (Å²) in [5.74, 6) is -2.89. The minimum absolute atomic E-state index is 0.227. The molecule has 0 saturated heterocycles. The van der Waals surface area contributed by atoms with Gasteiger partial charge in [0.25, 0.3) is 0 Å². The summed E-state index contributed by atoms with van der Waals surface area (Å²) in [7, 11) is 0. The van der Waals surface area contributed by atoms with Crippen LogP contribution >= 0.6 is 0 Å². The molecule has 0 amide bonds. The third-order valence-corrected chi connectivity index (χ3v) is 2.43. The van der Waals surface area contributed by atoms with E-state index in [-0.39, 0.29) is 12.8 Å². The Morgan fingerprint density at radius 2 is 1.86 bits per heavy atom. The van der Waals surface area contributed by atoms with Crippen LogP contribution < -0.4 is 0 Å². The number of carboxylic acids is 1. The van der Waals surface area contributed by atoms with Gasteiger partial charge in [-0.2, -0.15) is 0 Å². The number of aliphatic hydroxyl groups excluding tert-OH is 1. The van der Waals surface area contributed by atoms with Crippen LogP contribution in [0.5, 0.6) is 0 Å². The summed E-state index contributed by atoms with van der Waals surface area (Å²) < 4.78 is 0. The summed E-state index contributed by atoms with van der Waals surface area (Å²) in [6.07, 6.45) is -1.27. The van der Waals surface area contributed by atoms with Gasteiger partial charge < -0.3 is 20.4 Å². The molecule has 6 nitrogen and oxygen atoms in total. The van der Waals surface area contributed by atoms with E-state index in [1.54, 1.807) is 0 Å². The van der Waals surface area contributed by atoms with Gasteiger partial charge in [-0.3, -0.25) is 4.79 Å². The second kappa shape index (κ2) is 3.01. The maximum atomic E-state index is 11.4. The molecular formula is C8H12O6. The molecule has 0 spiro atoms. The van der Waals surface area contributed by atoms with Crippen molar-refractivity contribution in [1.82, 2.24) is 0 Å². The van der Waals surface area contributed by atoms with E-state index >= 15 is 0 Å². The monoisotopic (exact) mass is 204 g/mol. The average molecular weight is 204 g/mol. The van der Waals surface area contributed by atoms with Crippen molar-refractivity contribution in [3.63, 3.8) is 0 Å². The van der Waals surface area contributed by atoms with Gasteiger partial charge in [0.1, 0.15) is 5.60 Å². The lowest BCUT2D eigenvalue weighted by Gasteiger charge is -2.41. The molecule has 1 rings (SSSR count). The van der Waals surface area contributed by atoms with E-state index in [0.717, 1.165) is 6.92 Å². The number of carbonyl (C=O) groups excluding carboxylic acids is 1. The number of rotatable bonds is 3. The van der Waals surface area contributed by atoms with Gasteiger partial charge in [0.05, 0.1) is 6.10 Å². The molecular weight excluding hydrogens is 192 g/mol. The van der Waals surface area contributed by atoms with Crippen molar-refractivity contribution in [2.75, 3.05) is 0 Å². The smallest absolute Gasteiger partial charge is 0.343 e. The molecule has 0 bridgehead atoms. The summed E-state index contributed by atoms with van der Waals surface area (Å²) in [5.41, 5.74) is -4.50. The van der Waals surface area contributed by atoms with E-state index in [1.807, 2.05) is 0 Å². The van der Waals surface area contributed by atoms with Crippen molar-refractivity contribution in [3.8, 4) is 0 Å². The summed E-state index contributed by atoms with van der Waals surface area (Å²) in [5, 5.41) is 36.2. The van der Waals surface area contributed by atoms with Crippen molar-refractivity contribution >= 4 is 11.8 Å². The molecule has 80 valence electrons. The number of carbonyl (C=O) groups is 2. The second-order valence-corrected chi connectivity index (χ2v) is 3.80. The third kappa shape index (κ3) is 1.52. The Kier molecular flexibility index (Phi) is 2.39. The van der Waals surface area contributed by atoms with Gasteiger partial charge in [-0.1, -0.05) is 0 Å². The van der Waals surface area contributed by atoms with E-state index in [2.05, 4.69) is 0 Å². The summed E-state index contributed by atoms with van der Waals surface area (Å²) in [6, 6.07) is 0.